The van der Waals surface area contributed by atoms with Gasteiger partial charge in [-0.05, 0) is 49.9 Å². The van der Waals surface area contributed by atoms with Crippen molar-refractivity contribution in [1.82, 2.24) is 4.72 Å². The molecule has 5 heteroatoms. The summed E-state index contributed by atoms with van der Waals surface area (Å²) in [5.74, 6) is 0. The molecule has 0 unspecified atom stereocenters. The summed E-state index contributed by atoms with van der Waals surface area (Å²) >= 11 is 0. The van der Waals surface area contributed by atoms with Crippen molar-refractivity contribution < 1.29 is 8.42 Å². The molecule has 1 rings (SSSR count). The first kappa shape index (κ1) is 16.7. The quantitative estimate of drug-likeness (QED) is 0.927. The highest BCUT2D eigenvalue weighted by atomic mass is 32.2. The van der Waals surface area contributed by atoms with Gasteiger partial charge in [-0.3, -0.25) is 0 Å². The van der Waals surface area contributed by atoms with Crippen LogP contribution in [0.3, 0.4) is 0 Å². The minimum atomic E-state index is -3.57. The van der Waals surface area contributed by atoms with Gasteiger partial charge in [-0.15, -0.1) is 0 Å². The summed E-state index contributed by atoms with van der Waals surface area (Å²) in [6.45, 7) is 9.97. The third-order valence-electron chi connectivity index (χ3n) is 2.68. The van der Waals surface area contributed by atoms with Crippen molar-refractivity contribution in [3.8, 4) is 6.07 Å². The summed E-state index contributed by atoms with van der Waals surface area (Å²) < 4.78 is 27.4. The summed E-state index contributed by atoms with van der Waals surface area (Å²) in [6, 6.07) is 7.89. The van der Waals surface area contributed by atoms with Crippen molar-refractivity contribution >= 4 is 10.0 Å². The van der Waals surface area contributed by atoms with Gasteiger partial charge in [-0.25, -0.2) is 13.1 Å². The van der Waals surface area contributed by atoms with E-state index in [4.69, 9.17) is 5.26 Å². The lowest BCUT2D eigenvalue weighted by Gasteiger charge is -2.32. The van der Waals surface area contributed by atoms with E-state index in [1.54, 1.807) is 0 Å². The fourth-order valence-corrected chi connectivity index (χ4v) is 3.91. The van der Waals surface area contributed by atoms with Crippen molar-refractivity contribution in [2.45, 2.75) is 51.5 Å². The van der Waals surface area contributed by atoms with Crippen LogP contribution in [0.15, 0.2) is 29.2 Å². The number of sulfonamides is 1. The number of hydrogen-bond acceptors (Lipinski definition) is 3. The van der Waals surface area contributed by atoms with Gasteiger partial charge >= 0.3 is 0 Å². The zero-order chi connectivity index (χ0) is 15.6. The minimum absolute atomic E-state index is 0.0245. The number of nitriles is 1. The molecule has 20 heavy (non-hydrogen) atoms. The van der Waals surface area contributed by atoms with E-state index < -0.39 is 15.6 Å². The van der Waals surface area contributed by atoms with Crippen LogP contribution in [-0.2, 0) is 10.0 Å². The van der Waals surface area contributed by atoms with Crippen LogP contribution < -0.4 is 4.72 Å². The normalized spacial score (nSPS) is 13.0. The van der Waals surface area contributed by atoms with Crippen LogP contribution in [0.25, 0.3) is 0 Å². The molecule has 0 aliphatic heterocycles. The molecule has 0 bridgehead atoms. The second-order valence-corrected chi connectivity index (χ2v) is 8.55. The van der Waals surface area contributed by atoms with E-state index in [9.17, 15) is 8.42 Å². The third kappa shape index (κ3) is 4.95. The predicted octanol–water partition coefficient (Wildman–Crippen LogP) is 3.05. The van der Waals surface area contributed by atoms with Crippen LogP contribution in [0.4, 0.5) is 0 Å². The molecule has 0 aromatic heterocycles. The largest absolute Gasteiger partial charge is 0.241 e. The van der Waals surface area contributed by atoms with Gasteiger partial charge in [-0.1, -0.05) is 20.8 Å². The molecule has 110 valence electrons. The molecule has 0 radical (unpaired) electrons. The standard InChI is InChI=1S/C15H22N2O2S/c1-14(2,3)11-15(4,5)17-20(18,19)13-8-6-12(10-16)7-9-13/h6-9,17H,11H2,1-5H3. The first-order chi connectivity index (χ1) is 8.95. The minimum Gasteiger partial charge on any atom is -0.207 e. The molecule has 0 aliphatic rings. The predicted molar refractivity (Wildman–Crippen MR) is 79.6 cm³/mol. The van der Waals surface area contributed by atoms with Crippen molar-refractivity contribution in [2.24, 2.45) is 5.41 Å². The van der Waals surface area contributed by atoms with Crippen molar-refractivity contribution in [3.63, 3.8) is 0 Å². The molecule has 0 fully saturated rings. The average molecular weight is 294 g/mol. The average Bonchev–Trinajstić information content (AvgIpc) is 2.24. The number of nitrogens with zero attached hydrogens (tertiary/aromatic N) is 1. The van der Waals surface area contributed by atoms with Crippen LogP contribution in [0.2, 0.25) is 0 Å². The Morgan fingerprint density at radius 3 is 2.00 bits per heavy atom. The van der Waals surface area contributed by atoms with E-state index in [0.29, 0.717) is 5.56 Å². The molecular weight excluding hydrogens is 272 g/mol. The second-order valence-electron chi connectivity index (χ2n) is 6.86. The van der Waals surface area contributed by atoms with Gasteiger partial charge in [0.25, 0.3) is 0 Å². The smallest absolute Gasteiger partial charge is 0.207 e. The van der Waals surface area contributed by atoms with Crippen molar-refractivity contribution in [3.05, 3.63) is 29.8 Å². The first-order valence-corrected chi connectivity index (χ1v) is 7.98. The Balaban J connectivity index is 2.97. The Kier molecular flexibility index (Phi) is 4.62. The fraction of sp³-hybridized carbons (Fsp3) is 0.533. The molecule has 0 atom stereocenters. The highest BCUT2D eigenvalue weighted by Gasteiger charge is 2.30. The number of hydrogen-bond donors (Lipinski definition) is 1. The topological polar surface area (TPSA) is 70.0 Å². The maximum atomic E-state index is 12.3. The van der Waals surface area contributed by atoms with Gasteiger partial charge in [0.05, 0.1) is 16.5 Å². The van der Waals surface area contributed by atoms with Gasteiger partial charge in [0.15, 0.2) is 0 Å². The maximum absolute atomic E-state index is 12.3. The lowest BCUT2D eigenvalue weighted by atomic mass is 9.82. The Hall–Kier alpha value is -1.38. The molecule has 0 heterocycles. The van der Waals surface area contributed by atoms with Crippen LogP contribution in [0, 0.1) is 16.7 Å². The van der Waals surface area contributed by atoms with E-state index in [0.717, 1.165) is 6.42 Å². The number of nitrogens with one attached hydrogen (secondary N) is 1. The molecule has 0 saturated carbocycles. The Labute approximate surface area is 121 Å². The number of benzene rings is 1. The van der Waals surface area contributed by atoms with E-state index >= 15 is 0 Å². The lowest BCUT2D eigenvalue weighted by molar-refractivity contribution is 0.269. The maximum Gasteiger partial charge on any atom is 0.241 e. The Morgan fingerprint density at radius 2 is 1.60 bits per heavy atom. The van der Waals surface area contributed by atoms with Crippen LogP contribution in [-0.4, -0.2) is 14.0 Å². The highest BCUT2D eigenvalue weighted by Crippen LogP contribution is 2.28. The van der Waals surface area contributed by atoms with E-state index in [2.05, 4.69) is 25.5 Å². The second kappa shape index (κ2) is 5.55. The van der Waals surface area contributed by atoms with Gasteiger partial charge in [0, 0.05) is 5.54 Å². The first-order valence-electron chi connectivity index (χ1n) is 6.49. The molecule has 0 saturated heterocycles. The van der Waals surface area contributed by atoms with Crippen molar-refractivity contribution in [1.29, 1.82) is 5.26 Å². The van der Waals surface area contributed by atoms with E-state index in [-0.39, 0.29) is 10.3 Å². The van der Waals surface area contributed by atoms with E-state index in [1.807, 2.05) is 19.9 Å². The summed E-state index contributed by atoms with van der Waals surface area (Å²) in [4.78, 5) is 0.179. The number of rotatable bonds is 4. The zero-order valence-corrected chi connectivity index (χ0v) is 13.5. The summed E-state index contributed by atoms with van der Waals surface area (Å²) in [5.41, 5.74) is -0.0697. The van der Waals surface area contributed by atoms with Gasteiger partial charge in [0.2, 0.25) is 10.0 Å². The van der Waals surface area contributed by atoms with Crippen LogP contribution in [0.1, 0.15) is 46.6 Å². The molecule has 1 aromatic rings. The monoisotopic (exact) mass is 294 g/mol. The summed E-state index contributed by atoms with van der Waals surface area (Å²) in [5, 5.41) is 8.73. The molecule has 4 nitrogen and oxygen atoms in total. The third-order valence-corrected chi connectivity index (χ3v) is 4.39. The molecule has 0 spiro atoms. The molecule has 0 aliphatic carbocycles. The van der Waals surface area contributed by atoms with Gasteiger partial charge in [-0.2, -0.15) is 5.26 Å². The molecule has 0 amide bonds. The molecular formula is C15H22N2O2S. The van der Waals surface area contributed by atoms with Crippen LogP contribution in [0.5, 0.6) is 0 Å². The Morgan fingerprint density at radius 1 is 1.10 bits per heavy atom. The molecule has 1 N–H and O–H groups in total. The van der Waals surface area contributed by atoms with Gasteiger partial charge in [0.1, 0.15) is 0 Å². The zero-order valence-electron chi connectivity index (χ0n) is 12.7. The van der Waals surface area contributed by atoms with Gasteiger partial charge < -0.3 is 0 Å². The van der Waals surface area contributed by atoms with E-state index in [1.165, 1.54) is 24.3 Å². The van der Waals surface area contributed by atoms with Crippen LogP contribution >= 0.6 is 0 Å². The SMILES string of the molecule is CC(C)(C)CC(C)(C)NS(=O)(=O)c1ccc(C#N)cc1. The summed E-state index contributed by atoms with van der Waals surface area (Å²) in [7, 11) is -3.57. The highest BCUT2D eigenvalue weighted by molar-refractivity contribution is 7.89. The lowest BCUT2D eigenvalue weighted by Crippen LogP contribution is -2.45. The summed E-state index contributed by atoms with van der Waals surface area (Å²) in [6.07, 6.45) is 0.718. The Bertz CT molecular complexity index is 603. The van der Waals surface area contributed by atoms with Crippen molar-refractivity contribution in [2.75, 3.05) is 0 Å². The fourth-order valence-electron chi connectivity index (χ4n) is 2.49. The molecule has 1 aromatic carbocycles.